The number of hydrogen-bond acceptors (Lipinski definition) is 9. The number of carboxylic acids is 3. The minimum absolute atomic E-state index is 0.0486. The van der Waals surface area contributed by atoms with E-state index in [4.69, 9.17) is 46.5 Å². The second kappa shape index (κ2) is 16.2. The normalized spacial score (nSPS) is 10.7. The molecule has 1 amide bonds. The van der Waals surface area contributed by atoms with Crippen LogP contribution in [0.2, 0.25) is 0 Å². The number of benzene rings is 2. The molecule has 9 N–H and O–H groups in total. The van der Waals surface area contributed by atoms with Crippen molar-refractivity contribution in [3.63, 3.8) is 0 Å². The Bertz CT molecular complexity index is 1600. The number of aliphatic carboxylic acids is 3. The number of nitrogen functional groups attached to an aromatic ring is 2. The molecule has 2 aromatic carbocycles. The zero-order valence-corrected chi connectivity index (χ0v) is 22.9. The van der Waals surface area contributed by atoms with Gasteiger partial charge in [-0.15, -0.1) is 0 Å². The van der Waals surface area contributed by atoms with Crippen LogP contribution in [0.1, 0.15) is 21.5 Å². The number of amidine groups is 1. The van der Waals surface area contributed by atoms with Crippen LogP contribution in [0.25, 0.3) is 10.9 Å². The summed E-state index contributed by atoms with van der Waals surface area (Å²) in [7, 11) is 0. The third-order valence-corrected chi connectivity index (χ3v) is 5.07. The molecule has 14 nitrogen and oxygen atoms in total. The number of nitrogens with two attached hydrogens (primary N) is 2. The lowest BCUT2D eigenvalue weighted by Crippen LogP contribution is -2.28. The van der Waals surface area contributed by atoms with E-state index in [1.165, 1.54) is 18.2 Å². The first-order chi connectivity index (χ1) is 21.1. The van der Waals surface area contributed by atoms with Crippen LogP contribution in [-0.4, -0.2) is 81.2 Å². The summed E-state index contributed by atoms with van der Waals surface area (Å²) in [6, 6.07) is 12.9. The van der Waals surface area contributed by atoms with Gasteiger partial charge in [0.1, 0.15) is 24.0 Å². The highest BCUT2D eigenvalue weighted by Gasteiger charge is 2.38. The highest BCUT2D eigenvalue weighted by molar-refractivity contribution is 6.33. The highest BCUT2D eigenvalue weighted by atomic mass is 19.4. The summed E-state index contributed by atoms with van der Waals surface area (Å²) in [5.74, 6) is -7.96. The van der Waals surface area contributed by atoms with Crippen LogP contribution in [0, 0.1) is 5.41 Å². The van der Waals surface area contributed by atoms with Crippen molar-refractivity contribution in [2.45, 2.75) is 18.8 Å². The van der Waals surface area contributed by atoms with Gasteiger partial charge < -0.3 is 36.8 Å². The minimum atomic E-state index is -5.08. The number of ketones is 1. The number of anilines is 1. The number of carboxylic acid groups (broad SMARTS) is 3. The molecule has 248 valence electrons. The monoisotopic (exact) mass is 663 g/mol. The predicted molar refractivity (Wildman–Crippen MR) is 145 cm³/mol. The highest BCUT2D eigenvalue weighted by Crippen LogP contribution is 2.22. The molecule has 0 aliphatic carbocycles. The SMILES string of the molecule is N=C(N)c1ccc(CC(=O)C(=O)O)c(OCCNC(=O)c2ccc3nc(N)ccc3c2)c1.O=C(O)C(F)(F)F.O=C(O)C(F)(F)F. The van der Waals surface area contributed by atoms with E-state index in [1.807, 2.05) is 0 Å². The van der Waals surface area contributed by atoms with Crippen LogP contribution >= 0.6 is 0 Å². The average Bonchev–Trinajstić information content (AvgIpc) is 2.95. The molecule has 0 unspecified atom stereocenters. The smallest absolute Gasteiger partial charge is 0.490 e. The molecule has 1 aromatic heterocycles. The standard InChI is InChI=1S/C22H21N5O5.2C2HF3O2/c23-19-6-4-12-9-15(3-5-16(12)27-19)21(29)26-7-8-32-18-11-14(20(24)25)2-1-13(18)10-17(28)22(30)31;2*3-2(4,5)1(6)7/h1-6,9,11H,7-8,10H2,(H2,23,27)(H3,24,25)(H,26,29)(H,30,31);2*(H,6,7). The van der Waals surface area contributed by atoms with Crippen LogP contribution in [0.3, 0.4) is 0 Å². The number of halogens is 6. The Hall–Kier alpha value is -5.95. The quantitative estimate of drug-likeness (QED) is 0.0573. The third kappa shape index (κ3) is 12.7. The van der Waals surface area contributed by atoms with E-state index in [9.17, 15) is 40.7 Å². The Morgan fingerprint density at radius 2 is 1.39 bits per heavy atom. The Kier molecular flexibility index (Phi) is 13.4. The Balaban J connectivity index is 0.000000629. The molecule has 0 saturated heterocycles. The van der Waals surface area contributed by atoms with Crippen LogP contribution in [-0.2, 0) is 25.6 Å². The van der Waals surface area contributed by atoms with Crippen molar-refractivity contribution in [3.8, 4) is 5.75 Å². The first kappa shape index (κ1) is 38.1. The number of nitrogens with one attached hydrogen (secondary N) is 2. The topological polar surface area (TPSA) is 256 Å². The third-order valence-electron chi connectivity index (χ3n) is 5.07. The van der Waals surface area contributed by atoms with Crippen LogP contribution in [0.15, 0.2) is 48.5 Å². The number of fused-ring (bicyclic) bond motifs is 1. The summed E-state index contributed by atoms with van der Waals surface area (Å²) in [5.41, 5.74) is 13.0. The zero-order valence-electron chi connectivity index (χ0n) is 22.9. The van der Waals surface area contributed by atoms with Crippen molar-refractivity contribution < 1.29 is 70.4 Å². The molecular weight excluding hydrogens is 640 g/mol. The van der Waals surface area contributed by atoms with E-state index in [0.717, 1.165) is 5.39 Å². The maximum Gasteiger partial charge on any atom is 0.490 e. The van der Waals surface area contributed by atoms with Gasteiger partial charge in [-0.05, 0) is 36.4 Å². The lowest BCUT2D eigenvalue weighted by molar-refractivity contribution is -0.193. The number of carbonyl (C=O) groups is 5. The van der Waals surface area contributed by atoms with Crippen LogP contribution < -0.4 is 21.5 Å². The van der Waals surface area contributed by atoms with Crippen molar-refractivity contribution in [3.05, 3.63) is 65.2 Å². The predicted octanol–water partition coefficient (Wildman–Crippen LogP) is 2.37. The molecule has 46 heavy (non-hydrogen) atoms. The maximum atomic E-state index is 12.4. The second-order valence-electron chi connectivity index (χ2n) is 8.50. The molecule has 1 heterocycles. The molecule has 20 heteroatoms. The zero-order chi connectivity index (χ0) is 35.4. The summed E-state index contributed by atoms with van der Waals surface area (Å²) < 4.78 is 69.1. The summed E-state index contributed by atoms with van der Waals surface area (Å²) >= 11 is 0. The second-order valence-corrected chi connectivity index (χ2v) is 8.50. The van der Waals surface area contributed by atoms with Crippen molar-refractivity contribution in [2.24, 2.45) is 5.73 Å². The lowest BCUT2D eigenvalue weighted by Gasteiger charge is -2.13. The fourth-order valence-corrected chi connectivity index (χ4v) is 2.96. The van der Waals surface area contributed by atoms with Gasteiger partial charge in [0.2, 0.25) is 5.78 Å². The van der Waals surface area contributed by atoms with Crippen molar-refractivity contribution >= 4 is 52.2 Å². The van der Waals surface area contributed by atoms with Crippen molar-refractivity contribution in [1.82, 2.24) is 10.3 Å². The molecule has 0 fully saturated rings. The largest absolute Gasteiger partial charge is 0.491 e. The summed E-state index contributed by atoms with van der Waals surface area (Å²) in [6.07, 6.45) is -10.5. The molecule has 0 saturated carbocycles. The average molecular weight is 663 g/mol. The number of amides is 1. The van der Waals surface area contributed by atoms with E-state index >= 15 is 0 Å². The number of pyridine rings is 1. The summed E-state index contributed by atoms with van der Waals surface area (Å²) in [5, 5.41) is 34.1. The number of hydrogen-bond donors (Lipinski definition) is 7. The molecular formula is C26H23F6N5O9. The first-order valence-corrected chi connectivity index (χ1v) is 12.0. The Labute approximate surface area is 253 Å². The molecule has 0 aliphatic heterocycles. The number of ether oxygens (including phenoxy) is 1. The molecule has 0 atom stereocenters. The summed E-state index contributed by atoms with van der Waals surface area (Å²) in [4.78, 5) is 56.8. The first-order valence-electron chi connectivity index (χ1n) is 12.0. The number of nitrogens with zero attached hydrogens (tertiary/aromatic N) is 1. The minimum Gasteiger partial charge on any atom is -0.491 e. The molecule has 3 rings (SSSR count). The van der Waals surface area contributed by atoms with Crippen molar-refractivity contribution in [2.75, 3.05) is 18.9 Å². The molecule has 0 spiro atoms. The number of alkyl halides is 6. The Morgan fingerprint density at radius 3 is 1.89 bits per heavy atom. The van der Waals surface area contributed by atoms with Crippen LogP contribution in [0.4, 0.5) is 32.2 Å². The lowest BCUT2D eigenvalue weighted by atomic mass is 10.0. The van der Waals surface area contributed by atoms with Gasteiger partial charge in [0, 0.05) is 28.5 Å². The van der Waals surface area contributed by atoms with E-state index < -0.39 is 36.0 Å². The van der Waals surface area contributed by atoms with E-state index in [1.54, 1.807) is 30.3 Å². The maximum absolute atomic E-state index is 12.4. The van der Waals surface area contributed by atoms with Gasteiger partial charge in [-0.25, -0.2) is 19.4 Å². The fraction of sp³-hybridized carbons (Fsp3) is 0.192. The van der Waals surface area contributed by atoms with Gasteiger partial charge in [0.15, 0.2) is 0 Å². The molecule has 3 aromatic rings. The Morgan fingerprint density at radius 1 is 0.848 bits per heavy atom. The van der Waals surface area contributed by atoms with Gasteiger partial charge in [-0.3, -0.25) is 15.0 Å². The van der Waals surface area contributed by atoms with Gasteiger partial charge in [0.25, 0.3) is 5.91 Å². The number of Topliss-reactive ketones (excluding diaryl/α,β-unsaturated/α-hetero) is 1. The van der Waals surface area contributed by atoms with E-state index in [2.05, 4.69) is 10.3 Å². The van der Waals surface area contributed by atoms with Crippen LogP contribution in [0.5, 0.6) is 5.75 Å². The van der Waals surface area contributed by atoms with Gasteiger partial charge in [-0.2, -0.15) is 26.3 Å². The molecule has 0 aliphatic rings. The van der Waals surface area contributed by atoms with E-state index in [-0.39, 0.29) is 37.1 Å². The van der Waals surface area contributed by atoms with Gasteiger partial charge in [-0.1, -0.05) is 12.1 Å². The summed E-state index contributed by atoms with van der Waals surface area (Å²) in [6.45, 7) is 0.195. The number of rotatable bonds is 9. The number of aromatic nitrogens is 1. The van der Waals surface area contributed by atoms with Crippen molar-refractivity contribution in [1.29, 1.82) is 5.41 Å². The molecule has 0 bridgehead atoms. The number of carbonyl (C=O) groups excluding carboxylic acids is 2. The fourth-order valence-electron chi connectivity index (χ4n) is 2.96. The van der Waals surface area contributed by atoms with Gasteiger partial charge in [0.05, 0.1) is 12.1 Å². The van der Waals surface area contributed by atoms with Gasteiger partial charge >= 0.3 is 30.3 Å². The molecule has 0 radical (unpaired) electrons. The van der Waals surface area contributed by atoms with E-state index in [0.29, 0.717) is 28.0 Å².